The van der Waals surface area contributed by atoms with Crippen molar-refractivity contribution in [1.29, 1.82) is 0 Å². The molecule has 2 amide bonds. The van der Waals surface area contributed by atoms with Crippen LogP contribution in [0.5, 0.6) is 0 Å². The summed E-state index contributed by atoms with van der Waals surface area (Å²) in [7, 11) is 3.08. The Morgan fingerprint density at radius 3 is 2.34 bits per heavy atom. The zero-order valence-corrected chi connectivity index (χ0v) is 19.2. The fraction of sp³-hybridized carbons (Fsp3) is 0.375. The molecule has 1 aromatic carbocycles. The lowest BCUT2D eigenvalue weighted by Gasteiger charge is -2.32. The van der Waals surface area contributed by atoms with E-state index < -0.39 is 11.7 Å². The summed E-state index contributed by atoms with van der Waals surface area (Å²) in [4.78, 5) is 42.4. The summed E-state index contributed by atoms with van der Waals surface area (Å²) in [6.07, 6.45) is 2.68. The van der Waals surface area contributed by atoms with Gasteiger partial charge in [-0.25, -0.2) is 4.39 Å². The number of likely N-dealkylation sites (N-methyl/N-ethyl adjacent to an activating group) is 1. The summed E-state index contributed by atoms with van der Waals surface area (Å²) in [5, 5.41) is 0. The van der Waals surface area contributed by atoms with Crippen LogP contribution in [-0.2, 0) is 11.2 Å². The number of nitrogens with zero attached hydrogens (tertiary/aromatic N) is 3. The number of carbonyl (C=O) groups excluding carboxylic acids is 3. The lowest BCUT2D eigenvalue weighted by molar-refractivity contribution is -0.124. The van der Waals surface area contributed by atoms with Gasteiger partial charge in [-0.2, -0.15) is 0 Å². The smallest absolute Gasteiger partial charge is 0.296 e. The quantitative estimate of drug-likeness (QED) is 0.434. The molecule has 0 aliphatic carbocycles. The minimum atomic E-state index is -0.591. The molecule has 0 unspecified atom stereocenters. The molecule has 0 spiro atoms. The molecule has 1 aliphatic rings. The summed E-state index contributed by atoms with van der Waals surface area (Å²) < 4.78 is 14.8. The minimum Gasteiger partial charge on any atom is -0.342 e. The first-order valence-corrected chi connectivity index (χ1v) is 11.5. The first kappa shape index (κ1) is 22.2. The van der Waals surface area contributed by atoms with Gasteiger partial charge in [0, 0.05) is 32.9 Å². The number of ketones is 1. The average molecular weight is 456 g/mol. The Kier molecular flexibility index (Phi) is 6.15. The number of rotatable bonds is 5. The van der Waals surface area contributed by atoms with E-state index >= 15 is 0 Å². The predicted molar refractivity (Wildman–Crippen MR) is 122 cm³/mol. The number of hydrogen-bond donors (Lipinski definition) is 0. The third-order valence-corrected chi connectivity index (χ3v) is 7.28. The van der Waals surface area contributed by atoms with Crippen LogP contribution in [0.4, 0.5) is 4.39 Å². The number of carbonyl (C=O) groups is 3. The number of amides is 2. The summed E-state index contributed by atoms with van der Waals surface area (Å²) in [5.41, 5.74) is 2.08. The van der Waals surface area contributed by atoms with Crippen molar-refractivity contribution in [2.45, 2.75) is 26.2 Å². The Bertz CT molecular complexity index is 1170. The van der Waals surface area contributed by atoms with Crippen molar-refractivity contribution in [2.75, 3.05) is 27.2 Å². The Labute approximate surface area is 190 Å². The number of Topliss-reactive ketones (excluding diaryl/α,β-unsaturated/α-hetero) is 1. The van der Waals surface area contributed by atoms with E-state index in [4.69, 9.17) is 0 Å². The average Bonchev–Trinajstić information content (AvgIpc) is 3.34. The maximum absolute atomic E-state index is 13.2. The SMILES string of the molecule is Cc1c(C(=O)N2CCC(Cc3ccc(F)cc3)CC2)sc2ccc(C(=O)C(=O)N(C)C)n12. The van der Waals surface area contributed by atoms with E-state index in [0.717, 1.165) is 29.7 Å². The van der Waals surface area contributed by atoms with E-state index in [1.807, 2.05) is 24.0 Å². The van der Waals surface area contributed by atoms with Gasteiger partial charge >= 0.3 is 0 Å². The van der Waals surface area contributed by atoms with E-state index in [0.29, 0.717) is 29.6 Å². The number of thiazole rings is 1. The molecule has 32 heavy (non-hydrogen) atoms. The van der Waals surface area contributed by atoms with Gasteiger partial charge in [-0.1, -0.05) is 12.1 Å². The van der Waals surface area contributed by atoms with Crippen molar-refractivity contribution >= 4 is 33.8 Å². The largest absolute Gasteiger partial charge is 0.342 e. The molecule has 168 valence electrons. The number of likely N-dealkylation sites (tertiary alicyclic amines) is 1. The first-order valence-electron chi connectivity index (χ1n) is 10.7. The Hall–Kier alpha value is -3.00. The van der Waals surface area contributed by atoms with Gasteiger partial charge in [0.25, 0.3) is 17.6 Å². The van der Waals surface area contributed by atoms with Crippen LogP contribution in [0.2, 0.25) is 0 Å². The van der Waals surface area contributed by atoms with E-state index in [9.17, 15) is 18.8 Å². The van der Waals surface area contributed by atoms with Crippen LogP contribution in [0.3, 0.4) is 0 Å². The number of benzene rings is 1. The molecule has 8 heteroatoms. The van der Waals surface area contributed by atoms with Crippen LogP contribution >= 0.6 is 11.3 Å². The number of hydrogen-bond acceptors (Lipinski definition) is 4. The summed E-state index contributed by atoms with van der Waals surface area (Å²) in [6.45, 7) is 3.15. The van der Waals surface area contributed by atoms with E-state index in [2.05, 4.69) is 0 Å². The predicted octanol–water partition coefficient (Wildman–Crippen LogP) is 3.81. The molecule has 3 heterocycles. The molecule has 6 nitrogen and oxygen atoms in total. The van der Waals surface area contributed by atoms with Gasteiger partial charge in [0.05, 0.1) is 0 Å². The summed E-state index contributed by atoms with van der Waals surface area (Å²) in [5.74, 6) is -0.976. The monoisotopic (exact) mass is 455 g/mol. The molecule has 2 aromatic heterocycles. The molecule has 3 aromatic rings. The maximum atomic E-state index is 13.2. The zero-order chi connectivity index (χ0) is 23.0. The van der Waals surface area contributed by atoms with Crippen LogP contribution < -0.4 is 0 Å². The molecular formula is C24H26FN3O3S. The van der Waals surface area contributed by atoms with Gasteiger partial charge in [-0.15, -0.1) is 11.3 Å². The molecule has 4 rings (SSSR count). The van der Waals surface area contributed by atoms with Gasteiger partial charge < -0.3 is 14.2 Å². The summed E-state index contributed by atoms with van der Waals surface area (Å²) >= 11 is 1.35. The van der Waals surface area contributed by atoms with Crippen molar-refractivity contribution in [3.05, 3.63) is 64.0 Å². The fourth-order valence-electron chi connectivity index (χ4n) is 4.25. The van der Waals surface area contributed by atoms with Crippen molar-refractivity contribution in [3.8, 4) is 0 Å². The lowest BCUT2D eigenvalue weighted by atomic mass is 9.90. The standard InChI is InChI=1S/C24H26FN3O3S/c1-15-22(32-20-9-8-19(28(15)20)21(29)23(30)26(2)3)24(31)27-12-10-17(11-13-27)14-16-4-6-18(25)7-5-16/h4-9,17H,10-14H2,1-3H3. The van der Waals surface area contributed by atoms with E-state index in [1.165, 1.54) is 28.4 Å². The van der Waals surface area contributed by atoms with Gasteiger partial charge in [-0.3, -0.25) is 14.4 Å². The number of fused-ring (bicyclic) bond motifs is 1. The molecular weight excluding hydrogens is 429 g/mol. The lowest BCUT2D eigenvalue weighted by Crippen LogP contribution is -2.38. The topological polar surface area (TPSA) is 62.1 Å². The van der Waals surface area contributed by atoms with Gasteiger partial charge in [0.2, 0.25) is 0 Å². The molecule has 0 atom stereocenters. The highest BCUT2D eigenvalue weighted by Gasteiger charge is 2.29. The molecule has 0 bridgehead atoms. The number of aromatic nitrogens is 1. The Balaban J connectivity index is 1.46. The molecule has 0 saturated carbocycles. The van der Waals surface area contributed by atoms with Gasteiger partial charge in [-0.05, 0) is 61.9 Å². The van der Waals surface area contributed by atoms with Crippen LogP contribution in [0.15, 0.2) is 36.4 Å². The maximum Gasteiger partial charge on any atom is 0.296 e. The molecule has 1 saturated heterocycles. The van der Waals surface area contributed by atoms with Crippen LogP contribution in [0, 0.1) is 18.7 Å². The van der Waals surface area contributed by atoms with Crippen LogP contribution in [0.1, 0.15) is 44.3 Å². The second kappa shape index (κ2) is 8.86. The second-order valence-electron chi connectivity index (χ2n) is 8.50. The Morgan fingerprint density at radius 2 is 1.72 bits per heavy atom. The highest BCUT2D eigenvalue weighted by Crippen LogP contribution is 2.30. The van der Waals surface area contributed by atoms with Crippen molar-refractivity contribution in [1.82, 2.24) is 14.2 Å². The minimum absolute atomic E-state index is 0.0335. The van der Waals surface area contributed by atoms with Crippen LogP contribution in [-0.4, -0.2) is 59.0 Å². The third-order valence-electron chi connectivity index (χ3n) is 6.08. The van der Waals surface area contributed by atoms with Gasteiger partial charge in [0.15, 0.2) is 0 Å². The molecule has 0 radical (unpaired) electrons. The number of halogens is 1. The first-order chi connectivity index (χ1) is 15.3. The molecule has 1 fully saturated rings. The van der Waals surface area contributed by atoms with Crippen LogP contribution in [0.25, 0.3) is 4.83 Å². The van der Waals surface area contributed by atoms with Crippen molar-refractivity contribution in [3.63, 3.8) is 0 Å². The number of aryl methyl sites for hydroxylation is 1. The normalized spacial score (nSPS) is 14.7. The van der Waals surface area contributed by atoms with Crippen molar-refractivity contribution in [2.24, 2.45) is 5.92 Å². The third kappa shape index (κ3) is 4.19. The van der Waals surface area contributed by atoms with Crippen molar-refractivity contribution < 1.29 is 18.8 Å². The Morgan fingerprint density at radius 1 is 1.06 bits per heavy atom. The fourth-order valence-corrected chi connectivity index (χ4v) is 5.38. The number of piperidine rings is 1. The molecule has 0 N–H and O–H groups in total. The molecule has 1 aliphatic heterocycles. The van der Waals surface area contributed by atoms with E-state index in [1.54, 1.807) is 30.6 Å². The van der Waals surface area contributed by atoms with Gasteiger partial charge in [0.1, 0.15) is 21.2 Å². The highest BCUT2D eigenvalue weighted by atomic mass is 32.1. The summed E-state index contributed by atoms with van der Waals surface area (Å²) in [6, 6.07) is 10.0. The van der Waals surface area contributed by atoms with E-state index in [-0.39, 0.29) is 17.4 Å². The zero-order valence-electron chi connectivity index (χ0n) is 18.4. The second-order valence-corrected chi connectivity index (χ2v) is 9.53. The highest BCUT2D eigenvalue weighted by molar-refractivity contribution is 7.19.